The fourth-order valence-corrected chi connectivity index (χ4v) is 1.50. The topological polar surface area (TPSA) is 0 Å². The summed E-state index contributed by atoms with van der Waals surface area (Å²) in [5, 5.41) is 0. The highest BCUT2D eigenvalue weighted by Gasteiger charge is 1.98. The van der Waals surface area contributed by atoms with Gasteiger partial charge in [-0.15, -0.1) is 0 Å². The van der Waals surface area contributed by atoms with E-state index in [1.54, 1.807) is 5.57 Å². The zero-order valence-electron chi connectivity index (χ0n) is 9.41. The molecule has 12 heavy (non-hydrogen) atoms. The molecule has 0 atom stereocenters. The number of hydrogen-bond donors (Lipinski definition) is 0. The van der Waals surface area contributed by atoms with Crippen LogP contribution in [0.25, 0.3) is 0 Å². The Balaban J connectivity index is 3.68. The molecule has 0 radical (unpaired) electrons. The quantitative estimate of drug-likeness (QED) is 0.528. The van der Waals surface area contributed by atoms with E-state index in [2.05, 4.69) is 34.6 Å². The summed E-state index contributed by atoms with van der Waals surface area (Å²) < 4.78 is 0. The van der Waals surface area contributed by atoms with Crippen molar-refractivity contribution < 1.29 is 0 Å². The molecular weight excluding hydrogens is 144 g/mol. The highest BCUT2D eigenvalue weighted by molar-refractivity contribution is 5.08. The van der Waals surface area contributed by atoms with Gasteiger partial charge in [-0.1, -0.05) is 38.3 Å². The molecule has 0 aliphatic heterocycles. The maximum absolute atomic E-state index is 2.30. The van der Waals surface area contributed by atoms with Crippen LogP contribution in [0.5, 0.6) is 0 Å². The van der Waals surface area contributed by atoms with E-state index >= 15 is 0 Å². The standard InChI is InChI=1S/C12H24/c1-6-12(11(4)5)9-7-8-10(2)3/h10H,6-9H2,1-5H3. The van der Waals surface area contributed by atoms with Gasteiger partial charge in [-0.3, -0.25) is 0 Å². The number of allylic oxidation sites excluding steroid dienone is 2. The van der Waals surface area contributed by atoms with Gasteiger partial charge in [-0.05, 0) is 39.0 Å². The molecule has 0 aromatic heterocycles. The molecule has 0 amide bonds. The Bertz CT molecular complexity index is 136. The molecule has 72 valence electrons. The molecule has 0 saturated heterocycles. The summed E-state index contributed by atoms with van der Waals surface area (Å²) in [6.07, 6.45) is 5.29. The van der Waals surface area contributed by atoms with Crippen molar-refractivity contribution in [2.45, 2.75) is 60.3 Å². The predicted octanol–water partition coefficient (Wildman–Crippen LogP) is 4.56. The Labute approximate surface area is 78.1 Å². The molecule has 0 rings (SSSR count). The average Bonchev–Trinajstić information content (AvgIpc) is 1.96. The van der Waals surface area contributed by atoms with Crippen LogP contribution in [-0.2, 0) is 0 Å². The van der Waals surface area contributed by atoms with Gasteiger partial charge in [0.15, 0.2) is 0 Å². The van der Waals surface area contributed by atoms with Gasteiger partial charge in [0.1, 0.15) is 0 Å². The van der Waals surface area contributed by atoms with E-state index in [1.165, 1.54) is 31.3 Å². The molecule has 0 aliphatic rings. The van der Waals surface area contributed by atoms with Gasteiger partial charge in [0.25, 0.3) is 0 Å². The van der Waals surface area contributed by atoms with Gasteiger partial charge in [-0.25, -0.2) is 0 Å². The molecule has 0 saturated carbocycles. The van der Waals surface area contributed by atoms with Crippen LogP contribution in [-0.4, -0.2) is 0 Å². The maximum atomic E-state index is 2.30. The lowest BCUT2D eigenvalue weighted by atomic mass is 9.98. The fourth-order valence-electron chi connectivity index (χ4n) is 1.50. The van der Waals surface area contributed by atoms with Crippen LogP contribution in [0.3, 0.4) is 0 Å². The van der Waals surface area contributed by atoms with Crippen LogP contribution >= 0.6 is 0 Å². The van der Waals surface area contributed by atoms with Crippen LogP contribution in [0.4, 0.5) is 0 Å². The van der Waals surface area contributed by atoms with Crippen LogP contribution in [0.15, 0.2) is 11.1 Å². The molecule has 0 heterocycles. The van der Waals surface area contributed by atoms with Gasteiger partial charge in [0.2, 0.25) is 0 Å². The highest BCUT2D eigenvalue weighted by Crippen LogP contribution is 2.17. The number of rotatable bonds is 5. The molecule has 0 spiro atoms. The monoisotopic (exact) mass is 168 g/mol. The van der Waals surface area contributed by atoms with Crippen LogP contribution in [0, 0.1) is 5.92 Å². The van der Waals surface area contributed by atoms with Crippen molar-refractivity contribution in [1.82, 2.24) is 0 Å². The molecule has 0 fully saturated rings. The molecule has 0 aromatic carbocycles. The Hall–Kier alpha value is -0.260. The Kier molecular flexibility index (Phi) is 6.14. The fraction of sp³-hybridized carbons (Fsp3) is 0.833. The van der Waals surface area contributed by atoms with E-state index in [1.807, 2.05) is 0 Å². The average molecular weight is 168 g/mol. The zero-order chi connectivity index (χ0) is 9.56. The normalized spacial score (nSPS) is 10.5. The van der Waals surface area contributed by atoms with Crippen molar-refractivity contribution in [3.63, 3.8) is 0 Å². The first-order valence-electron chi connectivity index (χ1n) is 5.23. The van der Waals surface area contributed by atoms with E-state index in [-0.39, 0.29) is 0 Å². The summed E-state index contributed by atoms with van der Waals surface area (Å²) >= 11 is 0. The molecule has 0 heteroatoms. The van der Waals surface area contributed by atoms with Crippen molar-refractivity contribution in [3.05, 3.63) is 11.1 Å². The third-order valence-corrected chi connectivity index (χ3v) is 2.39. The van der Waals surface area contributed by atoms with Crippen molar-refractivity contribution in [3.8, 4) is 0 Å². The zero-order valence-corrected chi connectivity index (χ0v) is 9.41. The largest absolute Gasteiger partial charge is 0.0772 e. The van der Waals surface area contributed by atoms with Gasteiger partial charge in [0, 0.05) is 0 Å². The second kappa shape index (κ2) is 6.28. The Morgan fingerprint density at radius 1 is 1.17 bits per heavy atom. The van der Waals surface area contributed by atoms with Gasteiger partial charge >= 0.3 is 0 Å². The van der Waals surface area contributed by atoms with Crippen molar-refractivity contribution in [2.75, 3.05) is 0 Å². The second-order valence-electron chi connectivity index (χ2n) is 4.24. The minimum Gasteiger partial charge on any atom is -0.0772 e. The minimum absolute atomic E-state index is 0.861. The van der Waals surface area contributed by atoms with Crippen LogP contribution < -0.4 is 0 Å². The first kappa shape index (κ1) is 11.7. The molecule has 0 N–H and O–H groups in total. The second-order valence-corrected chi connectivity index (χ2v) is 4.24. The van der Waals surface area contributed by atoms with Crippen molar-refractivity contribution >= 4 is 0 Å². The van der Waals surface area contributed by atoms with Gasteiger partial charge in [-0.2, -0.15) is 0 Å². The van der Waals surface area contributed by atoms with E-state index in [0.29, 0.717) is 0 Å². The third kappa shape index (κ3) is 5.40. The smallest absolute Gasteiger partial charge is 0.0318 e. The molecule has 0 aliphatic carbocycles. The van der Waals surface area contributed by atoms with E-state index < -0.39 is 0 Å². The lowest BCUT2D eigenvalue weighted by molar-refractivity contribution is 0.551. The van der Waals surface area contributed by atoms with E-state index in [0.717, 1.165) is 5.92 Å². The van der Waals surface area contributed by atoms with Crippen molar-refractivity contribution in [2.24, 2.45) is 5.92 Å². The lowest BCUT2D eigenvalue weighted by Gasteiger charge is -2.08. The summed E-state index contributed by atoms with van der Waals surface area (Å²) in [4.78, 5) is 0. The van der Waals surface area contributed by atoms with Crippen molar-refractivity contribution in [1.29, 1.82) is 0 Å². The maximum Gasteiger partial charge on any atom is -0.0318 e. The first-order chi connectivity index (χ1) is 5.57. The highest BCUT2D eigenvalue weighted by atomic mass is 14.0. The predicted molar refractivity (Wildman–Crippen MR) is 57.4 cm³/mol. The first-order valence-corrected chi connectivity index (χ1v) is 5.23. The minimum atomic E-state index is 0.861. The van der Waals surface area contributed by atoms with Gasteiger partial charge < -0.3 is 0 Å². The van der Waals surface area contributed by atoms with E-state index in [4.69, 9.17) is 0 Å². The summed E-state index contributed by atoms with van der Waals surface area (Å²) in [7, 11) is 0. The lowest BCUT2D eigenvalue weighted by Crippen LogP contribution is -1.90. The number of hydrogen-bond acceptors (Lipinski definition) is 0. The molecule has 0 aromatic rings. The molecule has 0 nitrogen and oxygen atoms in total. The van der Waals surface area contributed by atoms with Crippen LogP contribution in [0.2, 0.25) is 0 Å². The Morgan fingerprint density at radius 3 is 2.08 bits per heavy atom. The SMILES string of the molecule is CCC(CCCC(C)C)=C(C)C. The third-order valence-electron chi connectivity index (χ3n) is 2.39. The van der Waals surface area contributed by atoms with E-state index in [9.17, 15) is 0 Å². The molecule has 0 unspecified atom stereocenters. The molecule has 0 bridgehead atoms. The molecular formula is C12H24. The summed E-state index contributed by atoms with van der Waals surface area (Å²) in [5.74, 6) is 0.861. The Morgan fingerprint density at radius 2 is 1.75 bits per heavy atom. The summed E-state index contributed by atoms with van der Waals surface area (Å²) in [6, 6.07) is 0. The van der Waals surface area contributed by atoms with Gasteiger partial charge in [0.05, 0.1) is 0 Å². The summed E-state index contributed by atoms with van der Waals surface area (Å²) in [5.41, 5.74) is 3.19. The van der Waals surface area contributed by atoms with Crippen LogP contribution in [0.1, 0.15) is 60.3 Å². The summed E-state index contributed by atoms with van der Waals surface area (Å²) in [6.45, 7) is 11.3.